The van der Waals surface area contributed by atoms with E-state index in [0.29, 0.717) is 0 Å². The molecule has 0 aromatic carbocycles. The van der Waals surface area contributed by atoms with Crippen molar-refractivity contribution in [2.75, 3.05) is 0 Å². The molecule has 1 saturated carbocycles. The lowest BCUT2D eigenvalue weighted by atomic mass is 10.1. The molecule has 0 saturated heterocycles. The van der Waals surface area contributed by atoms with E-state index in [1.807, 2.05) is 19.9 Å². The largest absolute Gasteiger partial charge is 0.356 e. The third kappa shape index (κ3) is 3.23. The molecular weight excluding hydrogens is 206 g/mol. The maximum atomic E-state index is 3.76. The van der Waals surface area contributed by atoms with E-state index in [4.69, 9.17) is 0 Å². The van der Waals surface area contributed by atoms with Crippen molar-refractivity contribution in [1.29, 1.82) is 0 Å². The molecule has 0 aromatic heterocycles. The van der Waals surface area contributed by atoms with Crippen LogP contribution in [0.4, 0.5) is 0 Å². The minimum absolute atomic E-state index is 0. The third-order valence-corrected chi connectivity index (χ3v) is 3.19. The van der Waals surface area contributed by atoms with Crippen LogP contribution in [0.1, 0.15) is 22.2 Å². The molecule has 94 valence electrons. The molecule has 17 heavy (non-hydrogen) atoms. The van der Waals surface area contributed by atoms with Crippen molar-refractivity contribution in [2.45, 2.75) is 20.8 Å². The Morgan fingerprint density at radius 2 is 2.06 bits per heavy atom. The summed E-state index contributed by atoms with van der Waals surface area (Å²) in [6.07, 6.45) is 12.3. The van der Waals surface area contributed by atoms with Gasteiger partial charge in [-0.25, -0.2) is 0 Å². The molecule has 1 nitrogen and oxygen atoms in total. The number of hydrogen-bond acceptors (Lipinski definition) is 1. The van der Waals surface area contributed by atoms with Gasteiger partial charge in [0, 0.05) is 12.8 Å². The Balaban J connectivity index is 0.000000917. The molecule has 2 aliphatic rings. The SMILES string of the molecule is C=C/C=C(\C=C)NC1=CC2C(C)C2C=C1.CC.[HH]. The van der Waals surface area contributed by atoms with Crippen LogP contribution in [-0.2, 0) is 0 Å². The predicted molar refractivity (Wildman–Crippen MR) is 78.4 cm³/mol. The van der Waals surface area contributed by atoms with Crippen LogP contribution in [0.3, 0.4) is 0 Å². The highest BCUT2D eigenvalue weighted by molar-refractivity contribution is 5.35. The van der Waals surface area contributed by atoms with Gasteiger partial charge in [-0.05, 0) is 36.0 Å². The lowest BCUT2D eigenvalue weighted by Crippen LogP contribution is -2.11. The molecule has 0 spiro atoms. The first-order chi connectivity index (χ1) is 8.26. The van der Waals surface area contributed by atoms with E-state index in [-0.39, 0.29) is 1.43 Å². The van der Waals surface area contributed by atoms with Crippen molar-refractivity contribution < 1.29 is 1.43 Å². The van der Waals surface area contributed by atoms with E-state index in [2.05, 4.69) is 43.6 Å². The quantitative estimate of drug-likeness (QED) is 0.705. The van der Waals surface area contributed by atoms with E-state index in [1.54, 1.807) is 12.2 Å². The second-order valence-electron chi connectivity index (χ2n) is 4.18. The van der Waals surface area contributed by atoms with Gasteiger partial charge in [0.25, 0.3) is 0 Å². The molecule has 1 fully saturated rings. The predicted octanol–water partition coefficient (Wildman–Crippen LogP) is 4.44. The summed E-state index contributed by atoms with van der Waals surface area (Å²) >= 11 is 0. The summed E-state index contributed by atoms with van der Waals surface area (Å²) in [5, 5.41) is 3.33. The van der Waals surface area contributed by atoms with E-state index in [9.17, 15) is 0 Å². The van der Waals surface area contributed by atoms with Crippen molar-refractivity contribution in [1.82, 2.24) is 5.32 Å². The first-order valence-corrected chi connectivity index (χ1v) is 6.38. The Morgan fingerprint density at radius 3 is 2.59 bits per heavy atom. The highest BCUT2D eigenvalue weighted by atomic mass is 14.9. The van der Waals surface area contributed by atoms with Crippen LogP contribution in [0.15, 0.2) is 61.0 Å². The van der Waals surface area contributed by atoms with Crippen molar-refractivity contribution in [3.63, 3.8) is 0 Å². The average molecular weight is 231 g/mol. The molecule has 0 radical (unpaired) electrons. The minimum atomic E-state index is 0. The van der Waals surface area contributed by atoms with Gasteiger partial charge < -0.3 is 5.32 Å². The monoisotopic (exact) mass is 231 g/mol. The third-order valence-electron chi connectivity index (χ3n) is 3.19. The Hall–Kier alpha value is -1.50. The van der Waals surface area contributed by atoms with Crippen LogP contribution in [0.25, 0.3) is 0 Å². The Kier molecular flexibility index (Phi) is 5.02. The fourth-order valence-corrected chi connectivity index (χ4v) is 2.11. The standard InChI is InChI=1S/C14H17N.C2H6.H2/c1-4-6-11(5-2)15-12-7-8-13-10(3)14(13)9-12;1-2;/h4-10,13-15H,1-2H2,3H3;1-2H3;1H/b11-6+;;. The van der Waals surface area contributed by atoms with Gasteiger partial charge in [0.15, 0.2) is 0 Å². The summed E-state index contributed by atoms with van der Waals surface area (Å²) in [6, 6.07) is 0. The molecule has 1 heteroatoms. The molecule has 0 heterocycles. The first-order valence-electron chi connectivity index (χ1n) is 6.38. The van der Waals surface area contributed by atoms with Gasteiger partial charge in [-0.1, -0.05) is 52.2 Å². The summed E-state index contributed by atoms with van der Waals surface area (Å²) in [4.78, 5) is 0. The van der Waals surface area contributed by atoms with Crippen LogP contribution < -0.4 is 5.32 Å². The summed E-state index contributed by atoms with van der Waals surface area (Å²) < 4.78 is 0. The van der Waals surface area contributed by atoms with Crippen LogP contribution in [0.5, 0.6) is 0 Å². The molecular formula is C16H25N. The van der Waals surface area contributed by atoms with Crippen molar-refractivity contribution in [3.05, 3.63) is 61.0 Å². The lowest BCUT2D eigenvalue weighted by Gasteiger charge is -2.10. The highest BCUT2D eigenvalue weighted by Gasteiger charge is 2.44. The number of rotatable bonds is 4. The second-order valence-corrected chi connectivity index (χ2v) is 4.18. The fourth-order valence-electron chi connectivity index (χ4n) is 2.11. The number of hydrogen-bond donors (Lipinski definition) is 1. The Labute approximate surface area is 107 Å². The first kappa shape index (κ1) is 13.6. The molecule has 0 bridgehead atoms. The lowest BCUT2D eigenvalue weighted by molar-refractivity contribution is 0.880. The zero-order chi connectivity index (χ0) is 12.8. The minimum Gasteiger partial charge on any atom is -0.356 e. The maximum Gasteiger partial charge on any atom is 0.0377 e. The number of nitrogens with one attached hydrogen (secondary N) is 1. The molecule has 2 aliphatic carbocycles. The van der Waals surface area contributed by atoms with Crippen molar-refractivity contribution in [2.24, 2.45) is 17.8 Å². The van der Waals surface area contributed by atoms with E-state index >= 15 is 0 Å². The smallest absolute Gasteiger partial charge is 0.0377 e. The van der Waals surface area contributed by atoms with Crippen molar-refractivity contribution >= 4 is 0 Å². The van der Waals surface area contributed by atoms with Crippen molar-refractivity contribution in [3.8, 4) is 0 Å². The average Bonchev–Trinajstić information content (AvgIpc) is 3.02. The maximum absolute atomic E-state index is 3.76. The normalized spacial score (nSPS) is 29.2. The molecule has 3 unspecified atom stereocenters. The van der Waals surface area contributed by atoms with Gasteiger partial charge >= 0.3 is 0 Å². The topological polar surface area (TPSA) is 12.0 Å². The van der Waals surface area contributed by atoms with E-state index in [0.717, 1.165) is 23.5 Å². The number of fused-ring (bicyclic) bond motifs is 1. The van der Waals surface area contributed by atoms with E-state index in [1.165, 1.54) is 5.70 Å². The van der Waals surface area contributed by atoms with Gasteiger partial charge in [-0.15, -0.1) is 0 Å². The van der Waals surface area contributed by atoms with E-state index < -0.39 is 0 Å². The Morgan fingerprint density at radius 1 is 1.35 bits per heavy atom. The fraction of sp³-hybridized carbons (Fsp3) is 0.375. The summed E-state index contributed by atoms with van der Waals surface area (Å²) in [7, 11) is 0. The molecule has 3 atom stereocenters. The highest BCUT2D eigenvalue weighted by Crippen LogP contribution is 2.50. The van der Waals surface area contributed by atoms with Crippen LogP contribution in [-0.4, -0.2) is 0 Å². The van der Waals surface area contributed by atoms with Gasteiger partial charge in [0.05, 0.1) is 0 Å². The second kappa shape index (κ2) is 6.29. The van der Waals surface area contributed by atoms with Gasteiger partial charge in [0.1, 0.15) is 0 Å². The molecule has 2 rings (SSSR count). The Bertz CT molecular complexity index is 377. The molecule has 1 N–H and O–H groups in total. The zero-order valence-electron chi connectivity index (χ0n) is 11.1. The van der Waals surface area contributed by atoms with Crippen LogP contribution in [0.2, 0.25) is 0 Å². The summed E-state index contributed by atoms with van der Waals surface area (Å²) in [5.74, 6) is 2.34. The molecule has 0 aromatic rings. The number of allylic oxidation sites excluding steroid dienone is 6. The van der Waals surface area contributed by atoms with Crippen LogP contribution >= 0.6 is 0 Å². The molecule has 0 aliphatic heterocycles. The van der Waals surface area contributed by atoms with Crippen LogP contribution in [0, 0.1) is 17.8 Å². The zero-order valence-corrected chi connectivity index (χ0v) is 11.1. The summed E-state index contributed by atoms with van der Waals surface area (Å²) in [5.41, 5.74) is 2.17. The van der Waals surface area contributed by atoms with Gasteiger partial charge in [0.2, 0.25) is 0 Å². The molecule has 0 amide bonds. The summed E-state index contributed by atoms with van der Waals surface area (Å²) in [6.45, 7) is 13.7. The van der Waals surface area contributed by atoms with Gasteiger partial charge in [-0.2, -0.15) is 0 Å². The van der Waals surface area contributed by atoms with Gasteiger partial charge in [-0.3, -0.25) is 0 Å².